The Balaban J connectivity index is 2.18. The Morgan fingerprint density at radius 3 is 3.15 bits per heavy atom. The Kier molecular flexibility index (Phi) is 4.23. The first-order valence-electron chi connectivity index (χ1n) is 6.50. The monoisotopic (exact) mass is 281 g/mol. The van der Waals surface area contributed by atoms with E-state index in [1.165, 1.54) is 10.9 Å². The van der Waals surface area contributed by atoms with Crippen molar-refractivity contribution in [2.24, 2.45) is 23.9 Å². The van der Waals surface area contributed by atoms with E-state index >= 15 is 0 Å². The maximum Gasteiger partial charge on any atom is 0.231 e. The quantitative estimate of drug-likeness (QED) is 0.317. The highest BCUT2D eigenvalue weighted by Gasteiger charge is 2.33. The van der Waals surface area contributed by atoms with Crippen LogP contribution in [0.2, 0.25) is 0 Å². The van der Waals surface area contributed by atoms with Crippen LogP contribution < -0.4 is 11.1 Å². The number of oxime groups is 1. The number of nitrogens with zero attached hydrogens (tertiary/aromatic N) is 3. The van der Waals surface area contributed by atoms with Crippen molar-refractivity contribution in [2.75, 3.05) is 11.9 Å². The van der Waals surface area contributed by atoms with Crippen LogP contribution in [0.3, 0.4) is 0 Å². The van der Waals surface area contributed by atoms with Crippen LogP contribution in [-0.4, -0.2) is 39.4 Å². The number of anilines is 1. The van der Waals surface area contributed by atoms with Gasteiger partial charge in [0.25, 0.3) is 0 Å². The lowest BCUT2D eigenvalue weighted by molar-refractivity contribution is -0.121. The number of hydrogen-bond acceptors (Lipinski definition) is 5. The highest BCUT2D eigenvalue weighted by atomic mass is 16.5. The molecule has 110 valence electrons. The van der Waals surface area contributed by atoms with Crippen LogP contribution in [0.25, 0.3) is 0 Å². The zero-order chi connectivity index (χ0) is 14.7. The number of aryl methyl sites for hydroxylation is 1. The summed E-state index contributed by atoms with van der Waals surface area (Å²) in [6.45, 7) is 2.58. The van der Waals surface area contributed by atoms with Gasteiger partial charge >= 0.3 is 0 Å². The number of nitrogens with one attached hydrogen (secondary N) is 1. The molecule has 0 aromatic carbocycles. The molecule has 0 bridgehead atoms. The second-order valence-corrected chi connectivity index (χ2v) is 4.72. The number of ether oxygens (including phenoxy) is 1. The third-order valence-corrected chi connectivity index (χ3v) is 3.51. The standard InChI is InChI=1S/C12H19N5O3/c1-3-9-7(4-5-20-9)12(18)15-11-8(10(13)16-19)6-14-17(11)2/h6-7,9,19H,3-5H2,1-2H3,(H2,13,16)(H,15,18). The molecule has 0 aliphatic carbocycles. The number of carbonyl (C=O) groups is 1. The number of amidine groups is 1. The Bertz CT molecular complexity index is 525. The summed E-state index contributed by atoms with van der Waals surface area (Å²) in [6.07, 6.45) is 2.86. The van der Waals surface area contributed by atoms with E-state index in [1.807, 2.05) is 6.92 Å². The Labute approximate surface area is 116 Å². The molecule has 2 rings (SSSR count). The first kappa shape index (κ1) is 14.3. The fraction of sp³-hybridized carbons (Fsp3) is 0.583. The van der Waals surface area contributed by atoms with Gasteiger partial charge in [-0.1, -0.05) is 12.1 Å². The molecule has 4 N–H and O–H groups in total. The maximum absolute atomic E-state index is 12.3. The second-order valence-electron chi connectivity index (χ2n) is 4.72. The van der Waals surface area contributed by atoms with Gasteiger partial charge in [0, 0.05) is 13.7 Å². The summed E-state index contributed by atoms with van der Waals surface area (Å²) < 4.78 is 6.99. The SMILES string of the molecule is CCC1OCCC1C(=O)Nc1c(C(N)=NO)cnn1C. The van der Waals surface area contributed by atoms with Gasteiger partial charge in [-0.05, 0) is 12.8 Å². The molecule has 2 atom stereocenters. The summed E-state index contributed by atoms with van der Waals surface area (Å²) in [6, 6.07) is 0. The van der Waals surface area contributed by atoms with Crippen LogP contribution in [0.1, 0.15) is 25.3 Å². The Hall–Kier alpha value is -2.09. The number of hydrogen-bond donors (Lipinski definition) is 3. The molecular formula is C12H19N5O3. The predicted molar refractivity (Wildman–Crippen MR) is 72.5 cm³/mol. The summed E-state index contributed by atoms with van der Waals surface area (Å²) in [5, 5.41) is 18.5. The first-order chi connectivity index (χ1) is 9.58. The fourth-order valence-corrected chi connectivity index (χ4v) is 2.39. The highest BCUT2D eigenvalue weighted by Crippen LogP contribution is 2.25. The fourth-order valence-electron chi connectivity index (χ4n) is 2.39. The van der Waals surface area contributed by atoms with Gasteiger partial charge in [-0.3, -0.25) is 9.48 Å². The lowest BCUT2D eigenvalue weighted by Gasteiger charge is -2.17. The molecule has 1 aromatic rings. The third kappa shape index (κ3) is 2.60. The van der Waals surface area contributed by atoms with Gasteiger partial charge in [0.15, 0.2) is 5.84 Å². The minimum Gasteiger partial charge on any atom is -0.409 e. The molecule has 2 heterocycles. The molecule has 0 radical (unpaired) electrons. The van der Waals surface area contributed by atoms with E-state index in [-0.39, 0.29) is 23.8 Å². The van der Waals surface area contributed by atoms with Crippen LogP contribution in [-0.2, 0) is 16.6 Å². The Morgan fingerprint density at radius 1 is 1.75 bits per heavy atom. The number of nitrogens with two attached hydrogens (primary N) is 1. The van der Waals surface area contributed by atoms with Crippen molar-refractivity contribution in [3.8, 4) is 0 Å². The molecule has 1 aliphatic heterocycles. The van der Waals surface area contributed by atoms with Crippen LogP contribution >= 0.6 is 0 Å². The minimum atomic E-state index is -0.185. The van der Waals surface area contributed by atoms with Crippen LogP contribution in [0.4, 0.5) is 5.82 Å². The van der Waals surface area contributed by atoms with Crippen molar-refractivity contribution in [3.63, 3.8) is 0 Å². The van der Waals surface area contributed by atoms with Gasteiger partial charge in [-0.25, -0.2) is 0 Å². The van der Waals surface area contributed by atoms with E-state index in [0.29, 0.717) is 24.4 Å². The van der Waals surface area contributed by atoms with Crippen LogP contribution in [0.5, 0.6) is 0 Å². The van der Waals surface area contributed by atoms with Crippen molar-refractivity contribution in [3.05, 3.63) is 11.8 Å². The zero-order valence-electron chi connectivity index (χ0n) is 11.5. The van der Waals surface area contributed by atoms with E-state index in [0.717, 1.165) is 6.42 Å². The van der Waals surface area contributed by atoms with Gasteiger partial charge in [0.05, 0.1) is 23.8 Å². The third-order valence-electron chi connectivity index (χ3n) is 3.51. The van der Waals surface area contributed by atoms with Crippen molar-refractivity contribution in [1.29, 1.82) is 0 Å². The van der Waals surface area contributed by atoms with E-state index in [9.17, 15) is 4.79 Å². The van der Waals surface area contributed by atoms with Gasteiger partial charge in [-0.15, -0.1) is 0 Å². The second kappa shape index (κ2) is 5.91. The maximum atomic E-state index is 12.3. The van der Waals surface area contributed by atoms with Crippen molar-refractivity contribution in [1.82, 2.24) is 9.78 Å². The van der Waals surface area contributed by atoms with E-state index in [2.05, 4.69) is 15.6 Å². The van der Waals surface area contributed by atoms with Crippen LogP contribution in [0.15, 0.2) is 11.4 Å². The van der Waals surface area contributed by atoms with Gasteiger partial charge < -0.3 is 21.0 Å². The van der Waals surface area contributed by atoms with Crippen molar-refractivity contribution >= 4 is 17.6 Å². The smallest absolute Gasteiger partial charge is 0.231 e. The highest BCUT2D eigenvalue weighted by molar-refractivity contribution is 6.04. The van der Waals surface area contributed by atoms with Gasteiger partial charge in [0.1, 0.15) is 5.82 Å². The molecule has 1 fully saturated rings. The number of aromatic nitrogens is 2. The van der Waals surface area contributed by atoms with Crippen LogP contribution in [0, 0.1) is 5.92 Å². The molecule has 0 spiro atoms. The van der Waals surface area contributed by atoms with Gasteiger partial charge in [0.2, 0.25) is 5.91 Å². The topological polar surface area (TPSA) is 115 Å². The van der Waals surface area contributed by atoms with E-state index in [1.54, 1.807) is 7.05 Å². The largest absolute Gasteiger partial charge is 0.409 e. The molecule has 1 amide bonds. The summed E-state index contributed by atoms with van der Waals surface area (Å²) in [7, 11) is 1.67. The summed E-state index contributed by atoms with van der Waals surface area (Å²) in [5.74, 6) is -0.00449. The Morgan fingerprint density at radius 2 is 2.50 bits per heavy atom. The summed E-state index contributed by atoms with van der Waals surface area (Å²) in [4.78, 5) is 12.3. The molecule has 8 nitrogen and oxygen atoms in total. The average molecular weight is 281 g/mol. The minimum absolute atomic E-state index is 0.0597. The van der Waals surface area contributed by atoms with Crippen molar-refractivity contribution < 1.29 is 14.7 Å². The average Bonchev–Trinajstić information content (AvgIpc) is 3.05. The lowest BCUT2D eigenvalue weighted by atomic mass is 9.98. The van der Waals surface area contributed by atoms with Gasteiger partial charge in [-0.2, -0.15) is 5.10 Å². The molecule has 1 aliphatic rings. The summed E-state index contributed by atoms with van der Waals surface area (Å²) >= 11 is 0. The normalized spacial score (nSPS) is 23.0. The van der Waals surface area contributed by atoms with Crippen molar-refractivity contribution in [2.45, 2.75) is 25.9 Å². The molecule has 2 unspecified atom stereocenters. The molecular weight excluding hydrogens is 262 g/mol. The number of amides is 1. The molecule has 1 saturated heterocycles. The molecule has 0 saturated carbocycles. The number of carbonyl (C=O) groups excluding carboxylic acids is 1. The molecule has 8 heteroatoms. The molecule has 20 heavy (non-hydrogen) atoms. The van der Waals surface area contributed by atoms with E-state index in [4.69, 9.17) is 15.7 Å². The van der Waals surface area contributed by atoms with E-state index < -0.39 is 0 Å². The summed E-state index contributed by atoms with van der Waals surface area (Å²) in [5.41, 5.74) is 5.95. The number of rotatable bonds is 4. The lowest BCUT2D eigenvalue weighted by Crippen LogP contribution is -2.30. The molecule has 1 aromatic heterocycles. The predicted octanol–water partition coefficient (Wildman–Crippen LogP) is 0.268. The first-order valence-corrected chi connectivity index (χ1v) is 6.50. The zero-order valence-corrected chi connectivity index (χ0v) is 11.5.